The maximum atomic E-state index is 10.6. The van der Waals surface area contributed by atoms with Gasteiger partial charge in [-0.25, -0.2) is 0 Å². The molecule has 0 aliphatic carbocycles. The highest BCUT2D eigenvalue weighted by Gasteiger charge is 2.21. The zero-order valence-corrected chi connectivity index (χ0v) is 7.70. The van der Waals surface area contributed by atoms with E-state index in [9.17, 15) is 4.79 Å². The van der Waals surface area contributed by atoms with Crippen LogP contribution in [-0.2, 0) is 4.79 Å². The molecule has 70 valence electrons. The Labute approximate surface area is 73.9 Å². The molecule has 0 radical (unpaired) electrons. The van der Waals surface area contributed by atoms with Crippen molar-refractivity contribution in [2.24, 2.45) is 11.7 Å². The van der Waals surface area contributed by atoms with E-state index in [4.69, 9.17) is 5.73 Å². The third-order valence-electron chi connectivity index (χ3n) is 2.56. The molecular formula is C9H18N2O. The standard InChI is InChI=1S/C9H18N2O/c1-8-3-2-4-11(6-8)9(5-10)7-12/h7-9H,2-6,10H2,1H3. The van der Waals surface area contributed by atoms with E-state index in [1.54, 1.807) is 0 Å². The largest absolute Gasteiger partial charge is 0.328 e. The number of hydrogen-bond donors (Lipinski definition) is 1. The van der Waals surface area contributed by atoms with Crippen molar-refractivity contribution in [3.63, 3.8) is 0 Å². The normalized spacial score (nSPS) is 28.3. The van der Waals surface area contributed by atoms with Crippen LogP contribution < -0.4 is 5.73 Å². The zero-order chi connectivity index (χ0) is 8.97. The number of likely N-dealkylation sites (tertiary alicyclic amines) is 1. The Morgan fingerprint density at radius 1 is 1.75 bits per heavy atom. The van der Waals surface area contributed by atoms with Crippen LogP contribution in [0.5, 0.6) is 0 Å². The Morgan fingerprint density at radius 3 is 3.00 bits per heavy atom. The Bertz CT molecular complexity index is 149. The molecule has 1 saturated heterocycles. The number of rotatable bonds is 3. The summed E-state index contributed by atoms with van der Waals surface area (Å²) in [5.41, 5.74) is 5.49. The molecule has 3 heteroatoms. The fourth-order valence-electron chi connectivity index (χ4n) is 1.82. The lowest BCUT2D eigenvalue weighted by atomic mass is 9.99. The van der Waals surface area contributed by atoms with Crippen LogP contribution in [0.4, 0.5) is 0 Å². The predicted molar refractivity (Wildman–Crippen MR) is 48.9 cm³/mol. The molecule has 1 fully saturated rings. The number of carbonyl (C=O) groups excluding carboxylic acids is 1. The molecule has 0 saturated carbocycles. The summed E-state index contributed by atoms with van der Waals surface area (Å²) < 4.78 is 0. The molecule has 0 aromatic carbocycles. The number of hydrogen-bond acceptors (Lipinski definition) is 3. The van der Waals surface area contributed by atoms with E-state index in [2.05, 4.69) is 11.8 Å². The Hall–Kier alpha value is -0.410. The minimum atomic E-state index is -0.0484. The summed E-state index contributed by atoms with van der Waals surface area (Å²) in [4.78, 5) is 12.8. The maximum Gasteiger partial charge on any atom is 0.138 e. The van der Waals surface area contributed by atoms with Crippen LogP contribution in [0.2, 0.25) is 0 Å². The number of piperidine rings is 1. The van der Waals surface area contributed by atoms with Gasteiger partial charge in [-0.3, -0.25) is 4.90 Å². The Morgan fingerprint density at radius 2 is 2.50 bits per heavy atom. The van der Waals surface area contributed by atoms with Crippen molar-refractivity contribution < 1.29 is 4.79 Å². The van der Waals surface area contributed by atoms with Crippen LogP contribution in [0, 0.1) is 5.92 Å². The molecule has 1 rings (SSSR count). The van der Waals surface area contributed by atoms with Crippen molar-refractivity contribution >= 4 is 6.29 Å². The van der Waals surface area contributed by atoms with Gasteiger partial charge in [-0.15, -0.1) is 0 Å². The first-order valence-corrected chi connectivity index (χ1v) is 4.67. The molecule has 1 heterocycles. The fraction of sp³-hybridized carbons (Fsp3) is 0.889. The van der Waals surface area contributed by atoms with Crippen LogP contribution in [0.1, 0.15) is 19.8 Å². The van der Waals surface area contributed by atoms with Crippen LogP contribution in [0.25, 0.3) is 0 Å². The summed E-state index contributed by atoms with van der Waals surface area (Å²) in [5.74, 6) is 0.716. The lowest BCUT2D eigenvalue weighted by molar-refractivity contribution is -0.112. The quantitative estimate of drug-likeness (QED) is 0.617. The molecule has 2 atom stereocenters. The van der Waals surface area contributed by atoms with Gasteiger partial charge in [-0.2, -0.15) is 0 Å². The van der Waals surface area contributed by atoms with Crippen molar-refractivity contribution in [3.8, 4) is 0 Å². The van der Waals surface area contributed by atoms with Gasteiger partial charge in [0.05, 0.1) is 6.04 Å². The van der Waals surface area contributed by atoms with Gasteiger partial charge in [0.15, 0.2) is 0 Å². The summed E-state index contributed by atoms with van der Waals surface area (Å²) in [6.07, 6.45) is 3.45. The molecule has 1 aliphatic rings. The minimum absolute atomic E-state index is 0.0484. The zero-order valence-electron chi connectivity index (χ0n) is 7.70. The van der Waals surface area contributed by atoms with Gasteiger partial charge >= 0.3 is 0 Å². The molecule has 0 amide bonds. The van der Waals surface area contributed by atoms with Gasteiger partial charge < -0.3 is 10.5 Å². The molecule has 2 N–H and O–H groups in total. The first-order chi connectivity index (χ1) is 5.77. The molecule has 0 aromatic rings. The number of aldehydes is 1. The smallest absolute Gasteiger partial charge is 0.138 e. The number of nitrogens with two attached hydrogens (primary N) is 1. The van der Waals surface area contributed by atoms with Crippen molar-refractivity contribution in [2.45, 2.75) is 25.8 Å². The number of nitrogens with zero attached hydrogens (tertiary/aromatic N) is 1. The average molecular weight is 170 g/mol. The van der Waals surface area contributed by atoms with Crippen molar-refractivity contribution in [1.82, 2.24) is 4.90 Å². The lowest BCUT2D eigenvalue weighted by Crippen LogP contribution is -2.46. The SMILES string of the molecule is CC1CCCN(C(C=O)CN)C1. The molecule has 2 unspecified atom stereocenters. The third kappa shape index (κ3) is 2.29. The molecule has 3 nitrogen and oxygen atoms in total. The second-order valence-electron chi connectivity index (χ2n) is 3.68. The van der Waals surface area contributed by atoms with E-state index < -0.39 is 0 Å². The van der Waals surface area contributed by atoms with Crippen molar-refractivity contribution in [2.75, 3.05) is 19.6 Å². The molecular weight excluding hydrogens is 152 g/mol. The maximum absolute atomic E-state index is 10.6. The fourth-order valence-corrected chi connectivity index (χ4v) is 1.82. The number of carbonyl (C=O) groups is 1. The van der Waals surface area contributed by atoms with Gasteiger partial charge in [0.1, 0.15) is 6.29 Å². The van der Waals surface area contributed by atoms with Gasteiger partial charge in [-0.05, 0) is 25.3 Å². The van der Waals surface area contributed by atoms with E-state index in [0.717, 1.165) is 19.4 Å². The Balaban J connectivity index is 2.43. The predicted octanol–water partition coefficient (Wildman–Crippen LogP) is 0.244. The lowest BCUT2D eigenvalue weighted by Gasteiger charge is -2.34. The van der Waals surface area contributed by atoms with E-state index in [1.165, 1.54) is 12.8 Å². The summed E-state index contributed by atoms with van der Waals surface area (Å²) in [5, 5.41) is 0. The van der Waals surface area contributed by atoms with E-state index >= 15 is 0 Å². The van der Waals surface area contributed by atoms with Gasteiger partial charge in [0.2, 0.25) is 0 Å². The molecule has 0 aromatic heterocycles. The minimum Gasteiger partial charge on any atom is -0.328 e. The summed E-state index contributed by atoms with van der Waals surface area (Å²) in [7, 11) is 0. The topological polar surface area (TPSA) is 46.3 Å². The van der Waals surface area contributed by atoms with Crippen molar-refractivity contribution in [1.29, 1.82) is 0 Å². The first kappa shape index (κ1) is 9.68. The molecule has 1 aliphatic heterocycles. The summed E-state index contributed by atoms with van der Waals surface area (Å²) in [6, 6.07) is -0.0484. The first-order valence-electron chi connectivity index (χ1n) is 4.67. The van der Waals surface area contributed by atoms with Gasteiger partial charge in [0.25, 0.3) is 0 Å². The summed E-state index contributed by atoms with van der Waals surface area (Å²) in [6.45, 7) is 4.74. The second kappa shape index (κ2) is 4.58. The van der Waals surface area contributed by atoms with Crippen LogP contribution in [0.3, 0.4) is 0 Å². The van der Waals surface area contributed by atoms with Crippen molar-refractivity contribution in [3.05, 3.63) is 0 Å². The molecule has 0 bridgehead atoms. The molecule has 12 heavy (non-hydrogen) atoms. The highest BCUT2D eigenvalue weighted by atomic mass is 16.1. The summed E-state index contributed by atoms with van der Waals surface area (Å²) >= 11 is 0. The van der Waals surface area contributed by atoms with Gasteiger partial charge in [0, 0.05) is 13.1 Å². The van der Waals surface area contributed by atoms with E-state index in [0.29, 0.717) is 12.5 Å². The van der Waals surface area contributed by atoms with Crippen LogP contribution in [0.15, 0.2) is 0 Å². The second-order valence-corrected chi connectivity index (χ2v) is 3.68. The Kier molecular flexibility index (Phi) is 3.69. The molecule has 0 spiro atoms. The van der Waals surface area contributed by atoms with Crippen LogP contribution in [-0.4, -0.2) is 36.9 Å². The third-order valence-corrected chi connectivity index (χ3v) is 2.56. The highest BCUT2D eigenvalue weighted by Crippen LogP contribution is 2.16. The van der Waals surface area contributed by atoms with E-state index in [1.807, 2.05) is 0 Å². The monoisotopic (exact) mass is 170 g/mol. The highest BCUT2D eigenvalue weighted by molar-refractivity contribution is 5.57. The van der Waals surface area contributed by atoms with Crippen LogP contribution >= 0.6 is 0 Å². The van der Waals surface area contributed by atoms with Gasteiger partial charge in [-0.1, -0.05) is 6.92 Å². The van der Waals surface area contributed by atoms with E-state index in [-0.39, 0.29) is 6.04 Å². The average Bonchev–Trinajstić information content (AvgIpc) is 2.07.